The minimum Gasteiger partial charge on any atom is -0.347 e. The largest absolute Gasteiger partial charge is 0.347 e. The van der Waals surface area contributed by atoms with Gasteiger partial charge in [0.25, 0.3) is 11.8 Å². The van der Waals surface area contributed by atoms with Gasteiger partial charge < -0.3 is 5.32 Å². The third kappa shape index (κ3) is 4.28. The Bertz CT molecular complexity index is 941. The van der Waals surface area contributed by atoms with E-state index in [9.17, 15) is 9.59 Å². The predicted molar refractivity (Wildman–Crippen MR) is 104 cm³/mol. The number of nitrogens with zero attached hydrogens (tertiary/aromatic N) is 1. The molecule has 0 saturated heterocycles. The second-order valence-electron chi connectivity index (χ2n) is 5.53. The number of thiazole rings is 1. The summed E-state index contributed by atoms with van der Waals surface area (Å²) in [6.45, 7) is 2.06. The Morgan fingerprint density at radius 3 is 2.46 bits per heavy atom. The molecule has 0 radical (unpaired) electrons. The predicted octanol–water partition coefficient (Wildman–Crippen LogP) is 4.29. The first-order valence-corrected chi connectivity index (χ1v) is 9.09. The van der Waals surface area contributed by atoms with Crippen LogP contribution in [0.4, 0.5) is 5.13 Å². The molecule has 132 valence electrons. The van der Waals surface area contributed by atoms with Crippen molar-refractivity contribution in [2.75, 3.05) is 5.32 Å². The molecule has 0 unspecified atom stereocenters. The van der Waals surface area contributed by atoms with Gasteiger partial charge in [0.05, 0.1) is 5.69 Å². The number of aryl methyl sites for hydroxylation is 1. The van der Waals surface area contributed by atoms with E-state index in [-0.39, 0.29) is 11.8 Å². The molecule has 5 nitrogen and oxygen atoms in total. The van der Waals surface area contributed by atoms with Crippen LogP contribution in [-0.2, 0) is 6.54 Å². The highest BCUT2D eigenvalue weighted by Gasteiger charge is 2.17. The Hall–Kier alpha value is -2.70. The Morgan fingerprint density at radius 2 is 1.73 bits per heavy atom. The van der Waals surface area contributed by atoms with Crippen LogP contribution in [0.1, 0.15) is 31.3 Å². The number of halogens is 1. The quantitative estimate of drug-likeness (QED) is 0.688. The van der Waals surface area contributed by atoms with Gasteiger partial charge in [-0.15, -0.1) is 0 Å². The van der Waals surface area contributed by atoms with Gasteiger partial charge in [0, 0.05) is 17.1 Å². The molecule has 0 fully saturated rings. The van der Waals surface area contributed by atoms with Gasteiger partial charge in [0.2, 0.25) is 0 Å². The van der Waals surface area contributed by atoms with E-state index < -0.39 is 0 Å². The average molecular weight is 386 g/mol. The van der Waals surface area contributed by atoms with Crippen LogP contribution in [0.5, 0.6) is 0 Å². The molecule has 26 heavy (non-hydrogen) atoms. The van der Waals surface area contributed by atoms with Crippen molar-refractivity contribution < 1.29 is 9.59 Å². The molecule has 2 amide bonds. The van der Waals surface area contributed by atoms with Gasteiger partial charge in [-0.05, 0) is 30.7 Å². The zero-order chi connectivity index (χ0) is 18.5. The number of hydrogen-bond acceptors (Lipinski definition) is 4. The van der Waals surface area contributed by atoms with Crippen LogP contribution in [-0.4, -0.2) is 16.8 Å². The lowest BCUT2D eigenvalue weighted by Crippen LogP contribution is -2.22. The highest BCUT2D eigenvalue weighted by atomic mass is 35.5. The number of carbonyl (C=O) groups is 2. The molecular weight excluding hydrogens is 370 g/mol. The van der Waals surface area contributed by atoms with Crippen LogP contribution in [0.25, 0.3) is 0 Å². The summed E-state index contributed by atoms with van der Waals surface area (Å²) >= 11 is 7.24. The zero-order valence-corrected chi connectivity index (χ0v) is 15.5. The topological polar surface area (TPSA) is 71.1 Å². The number of benzene rings is 2. The normalized spacial score (nSPS) is 10.4. The number of carbonyl (C=O) groups excluding carboxylic acids is 2. The monoisotopic (exact) mass is 385 g/mol. The van der Waals surface area contributed by atoms with E-state index in [0.717, 1.165) is 16.9 Å². The van der Waals surface area contributed by atoms with E-state index >= 15 is 0 Å². The van der Waals surface area contributed by atoms with Gasteiger partial charge in [-0.2, -0.15) is 0 Å². The molecule has 1 heterocycles. The Kier molecular flexibility index (Phi) is 5.65. The van der Waals surface area contributed by atoms with Crippen molar-refractivity contribution in [1.29, 1.82) is 0 Å². The fourth-order valence-electron chi connectivity index (χ4n) is 2.32. The molecule has 3 rings (SSSR count). The van der Waals surface area contributed by atoms with E-state index in [4.69, 9.17) is 11.6 Å². The van der Waals surface area contributed by atoms with Crippen molar-refractivity contribution in [3.05, 3.63) is 81.3 Å². The summed E-state index contributed by atoms with van der Waals surface area (Å²) in [6.07, 6.45) is 0. The molecule has 3 aromatic rings. The number of hydrogen-bond donors (Lipinski definition) is 2. The van der Waals surface area contributed by atoms with Gasteiger partial charge >= 0.3 is 0 Å². The lowest BCUT2D eigenvalue weighted by Gasteiger charge is -2.05. The van der Waals surface area contributed by atoms with Gasteiger partial charge in [-0.3, -0.25) is 14.9 Å². The molecule has 0 aliphatic heterocycles. The van der Waals surface area contributed by atoms with E-state index in [1.54, 1.807) is 37.3 Å². The van der Waals surface area contributed by atoms with Crippen molar-refractivity contribution in [2.24, 2.45) is 0 Å². The van der Waals surface area contributed by atoms with Crippen molar-refractivity contribution >= 4 is 39.9 Å². The molecule has 0 aliphatic carbocycles. The number of nitrogens with one attached hydrogen (secondary N) is 2. The van der Waals surface area contributed by atoms with Crippen LogP contribution < -0.4 is 10.6 Å². The number of aromatic nitrogens is 1. The Balaban J connectivity index is 1.66. The third-order valence-electron chi connectivity index (χ3n) is 3.66. The zero-order valence-electron chi connectivity index (χ0n) is 14.0. The first-order valence-electron chi connectivity index (χ1n) is 7.90. The van der Waals surface area contributed by atoms with Crippen molar-refractivity contribution in [3.63, 3.8) is 0 Å². The van der Waals surface area contributed by atoms with E-state index in [1.165, 1.54) is 0 Å². The van der Waals surface area contributed by atoms with Crippen molar-refractivity contribution in [3.8, 4) is 0 Å². The number of anilines is 1. The summed E-state index contributed by atoms with van der Waals surface area (Å²) in [4.78, 5) is 29.3. The summed E-state index contributed by atoms with van der Waals surface area (Å²) in [6, 6.07) is 16.2. The molecule has 1 aromatic heterocycles. The van der Waals surface area contributed by atoms with Gasteiger partial charge in [-0.25, -0.2) is 4.98 Å². The molecular formula is C19H16ClN3O2S. The molecule has 2 aromatic carbocycles. The standard InChI is InChI=1S/C19H16ClN3O2S/c1-12-16(18(25)21-11-14-9-5-6-10-15(14)20)26-19(22-12)23-17(24)13-7-3-2-4-8-13/h2-10H,11H2,1H3,(H,21,25)(H,22,23,24). The first kappa shape index (κ1) is 18.1. The SMILES string of the molecule is Cc1nc(NC(=O)c2ccccc2)sc1C(=O)NCc1ccccc1Cl. The van der Waals surface area contributed by atoms with Crippen LogP contribution in [0.3, 0.4) is 0 Å². The second kappa shape index (κ2) is 8.12. The molecule has 0 spiro atoms. The van der Waals surface area contributed by atoms with Crippen molar-refractivity contribution in [1.82, 2.24) is 10.3 Å². The Labute approximate surface area is 160 Å². The maximum atomic E-state index is 12.4. The smallest absolute Gasteiger partial charge is 0.263 e. The van der Waals surface area contributed by atoms with Crippen LogP contribution in [0.15, 0.2) is 54.6 Å². The first-order chi connectivity index (χ1) is 12.5. The molecule has 7 heteroatoms. The summed E-state index contributed by atoms with van der Waals surface area (Å²) in [7, 11) is 0. The van der Waals surface area contributed by atoms with Crippen LogP contribution in [0.2, 0.25) is 5.02 Å². The summed E-state index contributed by atoms with van der Waals surface area (Å²) < 4.78 is 0. The number of rotatable bonds is 5. The molecule has 0 bridgehead atoms. The maximum absolute atomic E-state index is 12.4. The van der Waals surface area contributed by atoms with Gasteiger partial charge in [0.1, 0.15) is 4.88 Å². The van der Waals surface area contributed by atoms with Crippen molar-refractivity contribution in [2.45, 2.75) is 13.5 Å². The Morgan fingerprint density at radius 1 is 1.04 bits per heavy atom. The average Bonchev–Trinajstić information content (AvgIpc) is 3.01. The van der Waals surface area contributed by atoms with Gasteiger partial charge in [-0.1, -0.05) is 59.3 Å². The molecule has 2 N–H and O–H groups in total. The highest BCUT2D eigenvalue weighted by molar-refractivity contribution is 7.17. The minimum absolute atomic E-state index is 0.250. The molecule has 0 saturated carbocycles. The van der Waals surface area contributed by atoms with E-state index in [2.05, 4.69) is 15.6 Å². The third-order valence-corrected chi connectivity index (χ3v) is 5.10. The number of amides is 2. The lowest BCUT2D eigenvalue weighted by molar-refractivity contribution is 0.0953. The summed E-state index contributed by atoms with van der Waals surface area (Å²) in [5.41, 5.74) is 1.93. The summed E-state index contributed by atoms with van der Waals surface area (Å²) in [5, 5.41) is 6.54. The van der Waals surface area contributed by atoms with E-state index in [0.29, 0.717) is 32.8 Å². The lowest BCUT2D eigenvalue weighted by atomic mass is 10.2. The fourth-order valence-corrected chi connectivity index (χ4v) is 3.40. The fraction of sp³-hybridized carbons (Fsp3) is 0.105. The minimum atomic E-state index is -0.262. The van der Waals surface area contributed by atoms with Crippen LogP contribution >= 0.6 is 22.9 Å². The summed E-state index contributed by atoms with van der Waals surface area (Å²) in [5.74, 6) is -0.512. The highest BCUT2D eigenvalue weighted by Crippen LogP contribution is 2.23. The van der Waals surface area contributed by atoms with Gasteiger partial charge in [0.15, 0.2) is 5.13 Å². The van der Waals surface area contributed by atoms with E-state index in [1.807, 2.05) is 24.3 Å². The molecule has 0 aliphatic rings. The maximum Gasteiger partial charge on any atom is 0.263 e. The van der Waals surface area contributed by atoms with Crippen LogP contribution in [0, 0.1) is 6.92 Å². The second-order valence-corrected chi connectivity index (χ2v) is 6.93. The molecule has 0 atom stereocenters.